The minimum absolute atomic E-state index is 0.0792. The van der Waals surface area contributed by atoms with Gasteiger partial charge in [0.2, 0.25) is 10.0 Å². The topological polar surface area (TPSA) is 100 Å². The maximum absolute atomic E-state index is 11.4. The highest BCUT2D eigenvalue weighted by Gasteiger charge is 2.14. The van der Waals surface area contributed by atoms with Gasteiger partial charge in [0.15, 0.2) is 5.96 Å². The largest absolute Gasteiger partial charge is 0.357 e. The van der Waals surface area contributed by atoms with Crippen LogP contribution in [0.4, 0.5) is 0 Å². The van der Waals surface area contributed by atoms with E-state index in [4.69, 9.17) is 0 Å². The quantitative estimate of drug-likeness (QED) is 0.332. The van der Waals surface area contributed by atoms with E-state index in [1.807, 2.05) is 25.6 Å². The van der Waals surface area contributed by atoms with E-state index in [9.17, 15) is 8.42 Å². The highest BCUT2D eigenvalue weighted by Crippen LogP contribution is 2.14. The number of hydrogen-bond donors (Lipinski definition) is 3. The van der Waals surface area contributed by atoms with Crippen molar-refractivity contribution < 1.29 is 8.42 Å². The Kier molecular flexibility index (Phi) is 8.37. The summed E-state index contributed by atoms with van der Waals surface area (Å²) in [6.45, 7) is 11.2. The lowest BCUT2D eigenvalue weighted by Gasteiger charge is -2.18. The number of nitrogens with one attached hydrogen (secondary N) is 3. The van der Waals surface area contributed by atoms with Gasteiger partial charge in [0, 0.05) is 31.9 Å². The Morgan fingerprint density at radius 1 is 1.32 bits per heavy atom. The smallest absolute Gasteiger partial charge is 0.211 e. The second-order valence-corrected chi connectivity index (χ2v) is 8.18. The number of guanidine groups is 1. The van der Waals surface area contributed by atoms with Gasteiger partial charge in [-0.2, -0.15) is 5.10 Å². The Morgan fingerprint density at radius 3 is 2.52 bits per heavy atom. The average molecular weight is 373 g/mol. The first kappa shape index (κ1) is 21.4. The van der Waals surface area contributed by atoms with Crippen LogP contribution in [0, 0.1) is 13.8 Å². The SMILES string of the molecule is CCNC(=NCCNS(=O)(=O)CC)NC(C)Cc1c(C)nn(C)c1C. The minimum atomic E-state index is -3.17. The van der Waals surface area contributed by atoms with Crippen LogP contribution in [-0.4, -0.2) is 55.6 Å². The molecule has 0 aliphatic carbocycles. The summed E-state index contributed by atoms with van der Waals surface area (Å²) in [5.74, 6) is 0.764. The lowest BCUT2D eigenvalue weighted by molar-refractivity contribution is 0.583. The fourth-order valence-corrected chi connectivity index (χ4v) is 3.10. The van der Waals surface area contributed by atoms with Gasteiger partial charge in [-0.3, -0.25) is 9.67 Å². The van der Waals surface area contributed by atoms with E-state index in [1.165, 1.54) is 11.3 Å². The van der Waals surface area contributed by atoms with Crippen LogP contribution in [0.2, 0.25) is 0 Å². The summed E-state index contributed by atoms with van der Waals surface area (Å²) >= 11 is 0. The molecule has 144 valence electrons. The predicted molar refractivity (Wildman–Crippen MR) is 102 cm³/mol. The standard InChI is InChI=1S/C16H32N6O2S/c1-7-17-16(18-9-10-19-25(23,24)8-2)20-12(3)11-15-13(4)21-22(6)14(15)5/h12,19H,7-11H2,1-6H3,(H2,17,18,20). The first-order valence-electron chi connectivity index (χ1n) is 8.71. The van der Waals surface area contributed by atoms with Crippen molar-refractivity contribution in [1.29, 1.82) is 0 Å². The number of nitrogens with zero attached hydrogens (tertiary/aromatic N) is 3. The summed E-state index contributed by atoms with van der Waals surface area (Å²) in [4.78, 5) is 4.43. The van der Waals surface area contributed by atoms with Crippen molar-refractivity contribution in [2.24, 2.45) is 12.0 Å². The number of aromatic nitrogens is 2. The first-order valence-corrected chi connectivity index (χ1v) is 10.4. The lowest BCUT2D eigenvalue weighted by atomic mass is 10.1. The molecule has 1 unspecified atom stereocenters. The summed E-state index contributed by atoms with van der Waals surface area (Å²) in [5, 5.41) is 11.0. The van der Waals surface area contributed by atoms with Gasteiger partial charge >= 0.3 is 0 Å². The van der Waals surface area contributed by atoms with Gasteiger partial charge in [0.1, 0.15) is 0 Å². The molecule has 1 heterocycles. The Hall–Kier alpha value is -1.61. The molecule has 1 aromatic rings. The zero-order chi connectivity index (χ0) is 19.0. The molecule has 0 aromatic carbocycles. The molecule has 3 N–H and O–H groups in total. The Morgan fingerprint density at radius 2 is 2.00 bits per heavy atom. The number of hydrogen-bond acceptors (Lipinski definition) is 4. The van der Waals surface area contributed by atoms with Gasteiger partial charge in [-0.25, -0.2) is 13.1 Å². The molecule has 25 heavy (non-hydrogen) atoms. The molecule has 0 radical (unpaired) electrons. The molecule has 8 nitrogen and oxygen atoms in total. The fraction of sp³-hybridized carbons (Fsp3) is 0.750. The molecule has 9 heteroatoms. The third-order valence-electron chi connectivity index (χ3n) is 3.98. The van der Waals surface area contributed by atoms with Crippen molar-refractivity contribution in [2.45, 2.75) is 47.1 Å². The monoisotopic (exact) mass is 372 g/mol. The predicted octanol–water partition coefficient (Wildman–Crippen LogP) is 0.462. The Labute approximate surface area is 151 Å². The highest BCUT2D eigenvalue weighted by molar-refractivity contribution is 7.89. The summed E-state index contributed by atoms with van der Waals surface area (Å²) in [5.41, 5.74) is 3.46. The van der Waals surface area contributed by atoms with Crippen LogP contribution in [0.15, 0.2) is 4.99 Å². The zero-order valence-electron chi connectivity index (χ0n) is 16.2. The van der Waals surface area contributed by atoms with Gasteiger partial charge in [-0.1, -0.05) is 0 Å². The van der Waals surface area contributed by atoms with E-state index in [2.05, 4.69) is 39.3 Å². The third kappa shape index (κ3) is 7.03. The number of sulfonamides is 1. The maximum Gasteiger partial charge on any atom is 0.211 e. The summed E-state index contributed by atoms with van der Waals surface area (Å²) in [6.07, 6.45) is 0.846. The number of aryl methyl sites for hydroxylation is 2. The molecular formula is C16H32N6O2S. The molecule has 1 rings (SSSR count). The molecule has 0 fully saturated rings. The number of aliphatic imine (C=N–C) groups is 1. The summed E-state index contributed by atoms with van der Waals surface area (Å²) in [6, 6.07) is 0.173. The lowest BCUT2D eigenvalue weighted by Crippen LogP contribution is -2.43. The summed E-state index contributed by atoms with van der Waals surface area (Å²) < 4.78 is 27.3. The van der Waals surface area contributed by atoms with Gasteiger partial charge < -0.3 is 10.6 Å². The second kappa shape index (κ2) is 9.76. The molecule has 0 saturated carbocycles. The molecule has 0 aliphatic heterocycles. The fourth-order valence-electron chi connectivity index (χ4n) is 2.49. The van der Waals surface area contributed by atoms with E-state index in [-0.39, 0.29) is 11.8 Å². The van der Waals surface area contributed by atoms with Crippen LogP contribution >= 0.6 is 0 Å². The first-order chi connectivity index (χ1) is 11.7. The zero-order valence-corrected chi connectivity index (χ0v) is 17.0. The van der Waals surface area contributed by atoms with Crippen LogP contribution in [0.1, 0.15) is 37.7 Å². The molecule has 0 spiro atoms. The van der Waals surface area contributed by atoms with Crippen LogP contribution in [0.25, 0.3) is 0 Å². The van der Waals surface area contributed by atoms with Crippen LogP contribution < -0.4 is 15.4 Å². The van der Waals surface area contributed by atoms with Gasteiger partial charge in [-0.05, 0) is 46.6 Å². The van der Waals surface area contributed by atoms with Crippen molar-refractivity contribution in [1.82, 2.24) is 25.1 Å². The Balaban J connectivity index is 2.62. The molecule has 0 bridgehead atoms. The van der Waals surface area contributed by atoms with Crippen LogP contribution in [0.3, 0.4) is 0 Å². The average Bonchev–Trinajstić information content (AvgIpc) is 2.78. The van der Waals surface area contributed by atoms with E-state index in [1.54, 1.807) is 6.92 Å². The van der Waals surface area contributed by atoms with Crippen LogP contribution in [0.5, 0.6) is 0 Å². The van der Waals surface area contributed by atoms with E-state index in [0.717, 1.165) is 18.7 Å². The molecular weight excluding hydrogens is 340 g/mol. The van der Waals surface area contributed by atoms with Gasteiger partial charge in [-0.15, -0.1) is 0 Å². The third-order valence-corrected chi connectivity index (χ3v) is 5.38. The molecule has 1 atom stereocenters. The Bertz CT molecular complexity index is 681. The van der Waals surface area contributed by atoms with Crippen molar-refractivity contribution in [3.05, 3.63) is 17.0 Å². The van der Waals surface area contributed by atoms with E-state index in [0.29, 0.717) is 19.0 Å². The highest BCUT2D eigenvalue weighted by atomic mass is 32.2. The second-order valence-electron chi connectivity index (χ2n) is 6.08. The van der Waals surface area contributed by atoms with Crippen molar-refractivity contribution in [3.8, 4) is 0 Å². The minimum Gasteiger partial charge on any atom is -0.357 e. The van der Waals surface area contributed by atoms with Gasteiger partial charge in [0.25, 0.3) is 0 Å². The molecule has 0 aliphatic rings. The van der Waals surface area contributed by atoms with Crippen molar-refractivity contribution in [3.63, 3.8) is 0 Å². The molecule has 0 amide bonds. The molecule has 1 aromatic heterocycles. The normalized spacial score (nSPS) is 13.8. The van der Waals surface area contributed by atoms with E-state index < -0.39 is 10.0 Å². The van der Waals surface area contributed by atoms with E-state index >= 15 is 0 Å². The van der Waals surface area contributed by atoms with Crippen molar-refractivity contribution in [2.75, 3.05) is 25.4 Å². The number of rotatable bonds is 9. The molecule has 0 saturated heterocycles. The van der Waals surface area contributed by atoms with Crippen LogP contribution in [-0.2, 0) is 23.5 Å². The maximum atomic E-state index is 11.4. The van der Waals surface area contributed by atoms with Gasteiger partial charge in [0.05, 0.1) is 18.0 Å². The van der Waals surface area contributed by atoms with Crippen molar-refractivity contribution >= 4 is 16.0 Å². The summed E-state index contributed by atoms with van der Waals surface area (Å²) in [7, 11) is -1.22.